The lowest BCUT2D eigenvalue weighted by Gasteiger charge is -2.21. The summed E-state index contributed by atoms with van der Waals surface area (Å²) in [5.41, 5.74) is 0. The van der Waals surface area contributed by atoms with E-state index in [1.54, 1.807) is 60.7 Å². The number of halogens is 2. The van der Waals surface area contributed by atoms with Crippen molar-refractivity contribution in [3.8, 4) is 5.75 Å². The average Bonchev–Trinajstić information content (AvgIpc) is 2.65. The molecule has 0 amide bonds. The Bertz CT molecular complexity index is 853. The minimum atomic E-state index is -3.54. The van der Waals surface area contributed by atoms with Crippen LogP contribution in [0.3, 0.4) is 0 Å². The molecule has 0 spiro atoms. The first-order valence-corrected chi connectivity index (χ1v) is 9.03. The molecule has 2 nitrogen and oxygen atoms in total. The monoisotopic (exact) mass is 344 g/mol. The molecule has 0 fully saturated rings. The van der Waals surface area contributed by atoms with Crippen molar-refractivity contribution < 1.29 is 18.1 Å². The molecule has 0 saturated heterocycles. The van der Waals surface area contributed by atoms with Gasteiger partial charge in [-0.1, -0.05) is 60.7 Å². The van der Waals surface area contributed by atoms with Crippen LogP contribution in [-0.2, 0) is 4.57 Å². The minimum Gasteiger partial charge on any atom is -0.494 e. The molecular formula is C19H15F2O2P. The van der Waals surface area contributed by atoms with E-state index in [1.165, 1.54) is 19.2 Å². The maximum Gasteiger partial charge on any atom is 0.201 e. The molecule has 5 heteroatoms. The zero-order valence-corrected chi connectivity index (χ0v) is 13.8. The highest BCUT2D eigenvalue weighted by Gasteiger charge is 2.34. The van der Waals surface area contributed by atoms with Gasteiger partial charge in [-0.3, -0.25) is 0 Å². The van der Waals surface area contributed by atoms with Gasteiger partial charge in [-0.15, -0.1) is 0 Å². The van der Waals surface area contributed by atoms with Crippen LogP contribution >= 0.6 is 7.14 Å². The molecule has 0 aliphatic carbocycles. The van der Waals surface area contributed by atoms with Crippen LogP contribution in [-0.4, -0.2) is 7.11 Å². The van der Waals surface area contributed by atoms with Gasteiger partial charge in [0.15, 0.2) is 18.7 Å². The smallest absolute Gasteiger partial charge is 0.201 e. The van der Waals surface area contributed by atoms with Crippen molar-refractivity contribution >= 4 is 23.1 Å². The van der Waals surface area contributed by atoms with Crippen LogP contribution in [0.4, 0.5) is 8.78 Å². The van der Waals surface area contributed by atoms with Gasteiger partial charge in [-0.25, -0.2) is 4.39 Å². The van der Waals surface area contributed by atoms with Gasteiger partial charge < -0.3 is 9.30 Å². The molecule has 3 aromatic rings. The summed E-state index contributed by atoms with van der Waals surface area (Å²) in [5.74, 6) is -2.50. The van der Waals surface area contributed by atoms with Gasteiger partial charge >= 0.3 is 0 Å². The molecule has 0 unspecified atom stereocenters. The molecular weight excluding hydrogens is 329 g/mol. The Morgan fingerprint density at radius 1 is 0.750 bits per heavy atom. The number of hydrogen-bond donors (Lipinski definition) is 0. The second-order valence-corrected chi connectivity index (χ2v) is 7.93. The highest BCUT2D eigenvalue weighted by molar-refractivity contribution is 7.85. The zero-order chi connectivity index (χ0) is 17.2. The van der Waals surface area contributed by atoms with Crippen molar-refractivity contribution in [2.75, 3.05) is 7.11 Å². The molecule has 122 valence electrons. The first-order valence-electron chi connectivity index (χ1n) is 7.33. The minimum absolute atomic E-state index is 0.168. The summed E-state index contributed by atoms with van der Waals surface area (Å²) in [7, 11) is -2.29. The van der Waals surface area contributed by atoms with Gasteiger partial charge in [-0.05, 0) is 12.1 Å². The van der Waals surface area contributed by atoms with Crippen LogP contribution in [0.2, 0.25) is 0 Å². The average molecular weight is 344 g/mol. The molecule has 0 saturated carbocycles. The number of rotatable bonds is 4. The highest BCUT2D eigenvalue weighted by atomic mass is 31.2. The zero-order valence-electron chi connectivity index (χ0n) is 12.9. The van der Waals surface area contributed by atoms with Crippen LogP contribution in [0, 0.1) is 11.6 Å². The molecule has 0 bridgehead atoms. The largest absolute Gasteiger partial charge is 0.494 e. The third-order valence-corrected chi connectivity index (χ3v) is 6.90. The lowest BCUT2D eigenvalue weighted by molar-refractivity contribution is 0.373. The lowest BCUT2D eigenvalue weighted by atomic mass is 10.3. The molecule has 0 aliphatic rings. The van der Waals surface area contributed by atoms with Crippen molar-refractivity contribution in [1.82, 2.24) is 0 Å². The fourth-order valence-electron chi connectivity index (χ4n) is 2.63. The third-order valence-electron chi connectivity index (χ3n) is 3.83. The van der Waals surface area contributed by atoms with Crippen LogP contribution in [0.5, 0.6) is 5.75 Å². The summed E-state index contributed by atoms with van der Waals surface area (Å²) in [6.07, 6.45) is 0. The SMILES string of the molecule is COc1ccc(P(=O)(c2ccccc2)c2ccccc2)c(F)c1F. The van der Waals surface area contributed by atoms with Gasteiger partial charge in [-0.2, -0.15) is 4.39 Å². The first kappa shape index (κ1) is 16.4. The second-order valence-electron chi connectivity index (χ2n) is 5.20. The summed E-state index contributed by atoms with van der Waals surface area (Å²) in [5, 5.41) is 0.720. The fourth-order valence-corrected chi connectivity index (χ4v) is 5.32. The number of hydrogen-bond acceptors (Lipinski definition) is 2. The van der Waals surface area contributed by atoms with Crippen molar-refractivity contribution in [3.63, 3.8) is 0 Å². The van der Waals surface area contributed by atoms with Crippen LogP contribution < -0.4 is 20.7 Å². The first-order chi connectivity index (χ1) is 11.6. The van der Waals surface area contributed by atoms with Gasteiger partial charge in [0.25, 0.3) is 0 Å². The van der Waals surface area contributed by atoms with Gasteiger partial charge in [0, 0.05) is 10.6 Å². The number of benzene rings is 3. The highest BCUT2D eigenvalue weighted by Crippen LogP contribution is 2.43. The van der Waals surface area contributed by atoms with Crippen molar-refractivity contribution in [1.29, 1.82) is 0 Å². The van der Waals surface area contributed by atoms with Crippen LogP contribution in [0.1, 0.15) is 0 Å². The van der Waals surface area contributed by atoms with E-state index in [0.717, 1.165) is 0 Å². The molecule has 0 atom stereocenters. The molecule has 0 heterocycles. The van der Waals surface area contributed by atoms with E-state index in [2.05, 4.69) is 0 Å². The normalized spacial score (nSPS) is 11.3. The van der Waals surface area contributed by atoms with Crippen molar-refractivity contribution in [3.05, 3.63) is 84.4 Å². The Hall–Kier alpha value is -2.45. The number of methoxy groups -OCH3 is 1. The lowest BCUT2D eigenvalue weighted by Crippen LogP contribution is -2.27. The summed E-state index contributed by atoms with van der Waals surface area (Å²) in [4.78, 5) is 0. The van der Waals surface area contributed by atoms with Crippen molar-refractivity contribution in [2.45, 2.75) is 0 Å². The van der Waals surface area contributed by atoms with Crippen molar-refractivity contribution in [2.24, 2.45) is 0 Å². The van der Waals surface area contributed by atoms with Crippen LogP contribution in [0.15, 0.2) is 72.8 Å². The molecule has 0 aliphatic heterocycles. The third kappa shape index (κ3) is 2.63. The van der Waals surface area contributed by atoms with E-state index in [1.807, 2.05) is 0 Å². The van der Waals surface area contributed by atoms with Gasteiger partial charge in [0.1, 0.15) is 0 Å². The fraction of sp³-hybridized carbons (Fsp3) is 0.0526. The summed E-state index contributed by atoms with van der Waals surface area (Å²) < 4.78 is 47.6. The number of ether oxygens (including phenoxy) is 1. The Labute approximate surface area is 139 Å². The van der Waals surface area contributed by atoms with E-state index in [9.17, 15) is 13.3 Å². The molecule has 0 aromatic heterocycles. The molecule has 0 radical (unpaired) electrons. The quantitative estimate of drug-likeness (QED) is 0.676. The molecule has 3 rings (SSSR count). The van der Waals surface area contributed by atoms with E-state index >= 15 is 0 Å². The summed E-state index contributed by atoms with van der Waals surface area (Å²) >= 11 is 0. The Morgan fingerprint density at radius 2 is 1.25 bits per heavy atom. The summed E-state index contributed by atoms with van der Waals surface area (Å²) in [6.45, 7) is 0. The van der Waals surface area contributed by atoms with E-state index < -0.39 is 18.8 Å². The Morgan fingerprint density at radius 3 is 1.71 bits per heavy atom. The van der Waals surface area contributed by atoms with Gasteiger partial charge in [0.2, 0.25) is 5.82 Å². The summed E-state index contributed by atoms with van der Waals surface area (Å²) in [6, 6.07) is 19.7. The van der Waals surface area contributed by atoms with Crippen LogP contribution in [0.25, 0.3) is 0 Å². The van der Waals surface area contributed by atoms with E-state index in [4.69, 9.17) is 4.74 Å². The molecule has 3 aromatic carbocycles. The second kappa shape index (κ2) is 6.58. The predicted octanol–water partition coefficient (Wildman–Crippen LogP) is 3.61. The molecule has 24 heavy (non-hydrogen) atoms. The maximum absolute atomic E-state index is 14.7. The predicted molar refractivity (Wildman–Crippen MR) is 92.3 cm³/mol. The topological polar surface area (TPSA) is 26.3 Å². The Balaban J connectivity index is 2.32. The van der Waals surface area contributed by atoms with E-state index in [-0.39, 0.29) is 11.1 Å². The molecule has 0 N–H and O–H groups in total. The maximum atomic E-state index is 14.7. The standard InChI is InChI=1S/C19H15F2O2P/c1-23-16-12-13-17(19(21)18(16)20)24(22,14-8-4-2-5-9-14)15-10-6-3-7-11-15/h2-13H,1H3. The van der Waals surface area contributed by atoms with E-state index in [0.29, 0.717) is 10.6 Å². The Kier molecular flexibility index (Phi) is 4.50. The van der Waals surface area contributed by atoms with Gasteiger partial charge in [0.05, 0.1) is 12.4 Å².